The number of nitro benzene ring substituents is 1. The van der Waals surface area contributed by atoms with Gasteiger partial charge in [-0.2, -0.15) is 5.10 Å². The van der Waals surface area contributed by atoms with E-state index in [4.69, 9.17) is 12.2 Å². The molecule has 0 aliphatic heterocycles. The number of hydrazone groups is 1. The Labute approximate surface area is 133 Å². The number of thiocarbonyl (C=S) groups is 1. The second kappa shape index (κ2) is 7.28. The molecule has 0 saturated heterocycles. The summed E-state index contributed by atoms with van der Waals surface area (Å²) in [4.78, 5) is 10.4. The van der Waals surface area contributed by atoms with Crippen molar-refractivity contribution in [1.29, 1.82) is 0 Å². The van der Waals surface area contributed by atoms with E-state index in [0.29, 0.717) is 10.7 Å². The van der Waals surface area contributed by atoms with Gasteiger partial charge in [-0.05, 0) is 36.8 Å². The van der Waals surface area contributed by atoms with E-state index >= 15 is 0 Å². The van der Waals surface area contributed by atoms with Gasteiger partial charge in [-0.15, -0.1) is 0 Å². The van der Waals surface area contributed by atoms with Crippen molar-refractivity contribution >= 4 is 34.9 Å². The first-order chi connectivity index (χ1) is 10.6. The predicted octanol–water partition coefficient (Wildman–Crippen LogP) is 3.22. The Bertz CT molecular complexity index is 731. The Balaban J connectivity index is 2.00. The molecule has 22 heavy (non-hydrogen) atoms. The van der Waals surface area contributed by atoms with Gasteiger partial charge in [-0.1, -0.05) is 30.3 Å². The Hall–Kier alpha value is -2.80. The summed E-state index contributed by atoms with van der Waals surface area (Å²) in [5.41, 5.74) is 4.96. The van der Waals surface area contributed by atoms with Gasteiger partial charge in [0.15, 0.2) is 5.11 Å². The molecular formula is C15H14N4O2S. The number of hydrogen-bond donors (Lipinski definition) is 2. The molecule has 0 heterocycles. The maximum Gasteiger partial charge on any atom is 0.278 e. The van der Waals surface area contributed by atoms with E-state index in [0.717, 1.165) is 11.3 Å². The lowest BCUT2D eigenvalue weighted by Gasteiger charge is -2.09. The van der Waals surface area contributed by atoms with E-state index < -0.39 is 4.92 Å². The topological polar surface area (TPSA) is 79.6 Å². The zero-order valence-corrected chi connectivity index (χ0v) is 12.6. The van der Waals surface area contributed by atoms with Crippen molar-refractivity contribution in [3.63, 3.8) is 0 Å². The van der Waals surface area contributed by atoms with E-state index in [-0.39, 0.29) is 5.69 Å². The second-order valence-corrected chi connectivity index (χ2v) is 4.86. The number of para-hydroxylation sites is 2. The van der Waals surface area contributed by atoms with Crippen LogP contribution < -0.4 is 10.7 Å². The lowest BCUT2D eigenvalue weighted by atomic mass is 10.2. The number of aryl methyl sites for hydroxylation is 1. The molecule has 0 aliphatic carbocycles. The maximum atomic E-state index is 10.9. The summed E-state index contributed by atoms with van der Waals surface area (Å²) in [5.74, 6) is 0. The van der Waals surface area contributed by atoms with Crippen LogP contribution in [-0.2, 0) is 0 Å². The fraction of sp³-hybridized carbons (Fsp3) is 0.0667. The summed E-state index contributed by atoms with van der Waals surface area (Å²) in [5, 5.41) is 18.1. The highest BCUT2D eigenvalue weighted by Crippen LogP contribution is 2.15. The lowest BCUT2D eigenvalue weighted by Crippen LogP contribution is -2.24. The van der Waals surface area contributed by atoms with Crippen LogP contribution in [0.1, 0.15) is 11.1 Å². The third-order valence-corrected chi connectivity index (χ3v) is 3.09. The van der Waals surface area contributed by atoms with Crippen LogP contribution in [0.15, 0.2) is 53.6 Å². The molecular weight excluding hydrogens is 300 g/mol. The van der Waals surface area contributed by atoms with Crippen LogP contribution in [0.25, 0.3) is 0 Å². The van der Waals surface area contributed by atoms with Gasteiger partial charge < -0.3 is 5.32 Å². The molecule has 0 aliphatic rings. The number of nitrogens with one attached hydrogen (secondary N) is 2. The normalized spacial score (nSPS) is 10.4. The van der Waals surface area contributed by atoms with Gasteiger partial charge >= 0.3 is 0 Å². The summed E-state index contributed by atoms with van der Waals surface area (Å²) in [6.07, 6.45) is 1.37. The molecule has 0 unspecified atom stereocenters. The minimum absolute atomic E-state index is 0.00849. The number of benzene rings is 2. The van der Waals surface area contributed by atoms with Crippen LogP contribution in [0.4, 0.5) is 11.4 Å². The quantitative estimate of drug-likeness (QED) is 0.392. The van der Waals surface area contributed by atoms with Crippen molar-refractivity contribution in [3.8, 4) is 0 Å². The van der Waals surface area contributed by atoms with Gasteiger partial charge in [-0.3, -0.25) is 15.5 Å². The number of hydrogen-bond acceptors (Lipinski definition) is 4. The summed E-state index contributed by atoms with van der Waals surface area (Å²) in [7, 11) is 0. The van der Waals surface area contributed by atoms with E-state index in [1.165, 1.54) is 12.3 Å². The molecule has 6 nitrogen and oxygen atoms in total. The number of nitrogens with zero attached hydrogens (tertiary/aromatic N) is 2. The van der Waals surface area contributed by atoms with Gasteiger partial charge in [0.1, 0.15) is 0 Å². The Morgan fingerprint density at radius 1 is 1.23 bits per heavy atom. The first-order valence-corrected chi connectivity index (χ1v) is 6.88. The van der Waals surface area contributed by atoms with Crippen molar-refractivity contribution in [3.05, 3.63) is 69.8 Å². The first kappa shape index (κ1) is 15.6. The van der Waals surface area contributed by atoms with Crippen LogP contribution >= 0.6 is 12.2 Å². The SMILES string of the molecule is Cc1ccccc1NC(=S)NN=Cc1ccccc1[N+](=O)[O-]. The van der Waals surface area contributed by atoms with Crippen LogP contribution in [-0.4, -0.2) is 16.3 Å². The molecule has 0 amide bonds. The van der Waals surface area contributed by atoms with Gasteiger partial charge in [0.2, 0.25) is 0 Å². The highest BCUT2D eigenvalue weighted by molar-refractivity contribution is 7.80. The van der Waals surface area contributed by atoms with Gasteiger partial charge in [-0.25, -0.2) is 0 Å². The van der Waals surface area contributed by atoms with Crippen LogP contribution in [0.2, 0.25) is 0 Å². The molecule has 0 bridgehead atoms. The molecule has 2 aromatic carbocycles. The number of rotatable bonds is 4. The van der Waals surface area contributed by atoms with Crippen molar-refractivity contribution in [1.82, 2.24) is 5.43 Å². The van der Waals surface area contributed by atoms with Crippen molar-refractivity contribution < 1.29 is 4.92 Å². The van der Waals surface area contributed by atoms with Crippen molar-refractivity contribution in [2.75, 3.05) is 5.32 Å². The first-order valence-electron chi connectivity index (χ1n) is 6.47. The second-order valence-electron chi connectivity index (χ2n) is 4.45. The van der Waals surface area contributed by atoms with Crippen LogP contribution in [0, 0.1) is 17.0 Å². The monoisotopic (exact) mass is 314 g/mol. The van der Waals surface area contributed by atoms with Crippen LogP contribution in [0.5, 0.6) is 0 Å². The Morgan fingerprint density at radius 2 is 1.91 bits per heavy atom. The number of anilines is 1. The lowest BCUT2D eigenvalue weighted by molar-refractivity contribution is -0.385. The molecule has 0 spiro atoms. The largest absolute Gasteiger partial charge is 0.331 e. The molecule has 0 radical (unpaired) electrons. The fourth-order valence-corrected chi connectivity index (χ4v) is 1.95. The zero-order chi connectivity index (χ0) is 15.9. The van der Waals surface area contributed by atoms with Gasteiger partial charge in [0.05, 0.1) is 16.7 Å². The van der Waals surface area contributed by atoms with Crippen LogP contribution in [0.3, 0.4) is 0 Å². The minimum atomic E-state index is -0.453. The highest BCUT2D eigenvalue weighted by atomic mass is 32.1. The predicted molar refractivity (Wildman–Crippen MR) is 91.2 cm³/mol. The zero-order valence-electron chi connectivity index (χ0n) is 11.8. The third kappa shape index (κ3) is 4.10. The van der Waals surface area contributed by atoms with E-state index in [1.807, 2.05) is 31.2 Å². The molecule has 0 atom stereocenters. The molecule has 2 aromatic rings. The van der Waals surface area contributed by atoms with E-state index in [9.17, 15) is 10.1 Å². The third-order valence-electron chi connectivity index (χ3n) is 2.90. The van der Waals surface area contributed by atoms with Gasteiger partial charge in [0, 0.05) is 11.8 Å². The highest BCUT2D eigenvalue weighted by Gasteiger charge is 2.09. The molecule has 7 heteroatoms. The van der Waals surface area contributed by atoms with E-state index in [2.05, 4.69) is 15.8 Å². The standard InChI is InChI=1S/C15H14N4O2S/c1-11-6-2-4-8-13(11)17-15(22)18-16-10-12-7-3-5-9-14(12)19(20)21/h2-10H,1H3,(H2,17,18,22). The summed E-state index contributed by atoms with van der Waals surface area (Å²) >= 11 is 5.13. The van der Waals surface area contributed by atoms with Gasteiger partial charge in [0.25, 0.3) is 5.69 Å². The van der Waals surface area contributed by atoms with Crippen molar-refractivity contribution in [2.45, 2.75) is 6.92 Å². The minimum Gasteiger partial charge on any atom is -0.331 e. The molecule has 112 valence electrons. The summed E-state index contributed by atoms with van der Waals surface area (Å²) < 4.78 is 0. The fourth-order valence-electron chi connectivity index (χ4n) is 1.79. The molecule has 0 fully saturated rings. The summed E-state index contributed by atoms with van der Waals surface area (Å²) in [6, 6.07) is 14.0. The van der Waals surface area contributed by atoms with Crippen molar-refractivity contribution in [2.24, 2.45) is 5.10 Å². The number of nitro groups is 1. The summed E-state index contributed by atoms with van der Waals surface area (Å²) in [6.45, 7) is 1.96. The molecule has 0 saturated carbocycles. The Morgan fingerprint density at radius 3 is 2.64 bits per heavy atom. The van der Waals surface area contributed by atoms with E-state index in [1.54, 1.807) is 18.2 Å². The average Bonchev–Trinajstić information content (AvgIpc) is 2.50. The molecule has 2 N–H and O–H groups in total. The molecule has 2 rings (SSSR count). The Kier molecular flexibility index (Phi) is 5.16. The molecule has 0 aromatic heterocycles. The average molecular weight is 314 g/mol. The maximum absolute atomic E-state index is 10.9. The smallest absolute Gasteiger partial charge is 0.278 e.